The maximum Gasteiger partial charge on any atom is 0.220 e. The first-order valence-electron chi connectivity index (χ1n) is 29.7. The lowest BCUT2D eigenvalue weighted by atomic mass is 10.0. The molecule has 0 rings (SSSR count). The van der Waals surface area contributed by atoms with E-state index >= 15 is 0 Å². The molecule has 0 aromatic heterocycles. The fraction of sp³-hybridized carbons (Fsp3) is 0.885. The summed E-state index contributed by atoms with van der Waals surface area (Å²) < 4.78 is 0. The van der Waals surface area contributed by atoms with Crippen LogP contribution in [-0.4, -0.2) is 34.9 Å². The molecule has 0 aliphatic heterocycles. The molecule has 0 saturated carbocycles. The van der Waals surface area contributed by atoms with Crippen LogP contribution in [0.1, 0.15) is 328 Å². The summed E-state index contributed by atoms with van der Waals surface area (Å²) in [6, 6.07) is -0.644. The summed E-state index contributed by atoms with van der Waals surface area (Å²) in [7, 11) is 0. The molecule has 0 fully saturated rings. The minimum absolute atomic E-state index is 0.0716. The van der Waals surface area contributed by atoms with Gasteiger partial charge in [0.05, 0.1) is 18.8 Å². The quantitative estimate of drug-likeness (QED) is 0.0421. The van der Waals surface area contributed by atoms with Gasteiger partial charge in [-0.1, -0.05) is 314 Å². The Balaban J connectivity index is 3.46. The Morgan fingerprint density at radius 3 is 0.892 bits per heavy atom. The van der Waals surface area contributed by atoms with Gasteiger partial charge in [-0.25, -0.2) is 0 Å². The third kappa shape index (κ3) is 53.4. The maximum atomic E-state index is 12.5. The first-order valence-corrected chi connectivity index (χ1v) is 29.7. The van der Waals surface area contributed by atoms with Crippen molar-refractivity contribution in [3.8, 4) is 0 Å². The van der Waals surface area contributed by atoms with E-state index in [1.165, 1.54) is 270 Å². The number of nitrogens with one attached hydrogen (secondary N) is 1. The molecule has 2 atom stereocenters. The second kappa shape index (κ2) is 56.9. The summed E-state index contributed by atoms with van der Waals surface area (Å²) in [4.78, 5) is 12.5. The summed E-state index contributed by atoms with van der Waals surface area (Å²) in [5.74, 6) is -0.0716. The number of unbranched alkanes of at least 4 members (excludes halogenated alkanes) is 44. The minimum Gasteiger partial charge on any atom is -0.394 e. The lowest BCUT2D eigenvalue weighted by molar-refractivity contribution is -0.123. The van der Waals surface area contributed by atoms with E-state index < -0.39 is 12.1 Å². The van der Waals surface area contributed by atoms with Gasteiger partial charge in [0.25, 0.3) is 0 Å². The Morgan fingerprint density at radius 1 is 0.354 bits per heavy atom. The van der Waals surface area contributed by atoms with Crippen LogP contribution in [0.3, 0.4) is 0 Å². The molecule has 0 aliphatic rings. The summed E-state index contributed by atoms with van der Waals surface area (Å²) in [5, 5.41) is 23.1. The van der Waals surface area contributed by atoms with Crippen molar-refractivity contribution in [3.05, 3.63) is 36.5 Å². The molecule has 0 saturated heterocycles. The molecule has 2 unspecified atom stereocenters. The number of hydrogen-bond donors (Lipinski definition) is 3. The number of carbonyl (C=O) groups is 1. The zero-order valence-electron chi connectivity index (χ0n) is 44.3. The second-order valence-electron chi connectivity index (χ2n) is 20.4. The lowest BCUT2D eigenvalue weighted by Crippen LogP contribution is -2.45. The summed E-state index contributed by atoms with van der Waals surface area (Å²) in [6.07, 6.45) is 77.6. The van der Waals surface area contributed by atoms with Crippen LogP contribution in [0.15, 0.2) is 36.5 Å². The van der Waals surface area contributed by atoms with Gasteiger partial charge in [0, 0.05) is 6.42 Å². The van der Waals surface area contributed by atoms with Crippen LogP contribution >= 0.6 is 0 Å². The van der Waals surface area contributed by atoms with Crippen molar-refractivity contribution in [3.63, 3.8) is 0 Å². The van der Waals surface area contributed by atoms with E-state index in [2.05, 4.69) is 43.5 Å². The van der Waals surface area contributed by atoms with Crippen LogP contribution in [0, 0.1) is 0 Å². The van der Waals surface area contributed by atoms with Gasteiger partial charge in [0.2, 0.25) is 5.91 Å². The molecule has 0 spiro atoms. The third-order valence-electron chi connectivity index (χ3n) is 13.9. The monoisotopic (exact) mass is 912 g/mol. The molecule has 4 nitrogen and oxygen atoms in total. The highest BCUT2D eigenvalue weighted by atomic mass is 16.3. The van der Waals surface area contributed by atoms with E-state index in [-0.39, 0.29) is 12.5 Å². The van der Waals surface area contributed by atoms with E-state index in [1.54, 1.807) is 6.08 Å². The Kier molecular flexibility index (Phi) is 55.7. The molecular weight excluding hydrogens is 795 g/mol. The van der Waals surface area contributed by atoms with E-state index in [0.29, 0.717) is 6.42 Å². The predicted octanol–water partition coefficient (Wildman–Crippen LogP) is 19.6. The van der Waals surface area contributed by atoms with E-state index in [9.17, 15) is 15.0 Å². The fourth-order valence-corrected chi connectivity index (χ4v) is 9.33. The van der Waals surface area contributed by atoms with Crippen molar-refractivity contribution in [1.82, 2.24) is 5.32 Å². The molecule has 0 heterocycles. The molecule has 0 bridgehead atoms. The molecular formula is C61H117NO3. The molecule has 0 aromatic rings. The average Bonchev–Trinajstić information content (AvgIpc) is 3.31. The Labute approximate surface area is 408 Å². The second-order valence-corrected chi connectivity index (χ2v) is 20.4. The molecule has 0 aliphatic carbocycles. The number of aliphatic hydroxyl groups excluding tert-OH is 2. The van der Waals surface area contributed by atoms with Crippen molar-refractivity contribution in [2.75, 3.05) is 6.61 Å². The largest absolute Gasteiger partial charge is 0.394 e. The predicted molar refractivity (Wildman–Crippen MR) is 290 cm³/mol. The van der Waals surface area contributed by atoms with Crippen molar-refractivity contribution < 1.29 is 15.0 Å². The maximum absolute atomic E-state index is 12.5. The number of allylic oxidation sites excluding steroid dienone is 5. The smallest absolute Gasteiger partial charge is 0.220 e. The van der Waals surface area contributed by atoms with Crippen LogP contribution in [0.25, 0.3) is 0 Å². The number of aliphatic hydroxyl groups is 2. The molecule has 0 radical (unpaired) electrons. The van der Waals surface area contributed by atoms with Gasteiger partial charge in [-0.3, -0.25) is 4.79 Å². The van der Waals surface area contributed by atoms with Gasteiger partial charge in [-0.2, -0.15) is 0 Å². The van der Waals surface area contributed by atoms with Gasteiger partial charge >= 0.3 is 0 Å². The van der Waals surface area contributed by atoms with Crippen molar-refractivity contribution in [1.29, 1.82) is 0 Å². The lowest BCUT2D eigenvalue weighted by Gasteiger charge is -2.19. The SMILES string of the molecule is CCCCCCCCCCCC/C=C/CC/C=C/CC/C=C/C(O)C(CO)NC(=O)CCCCCCCCCCCCCCCCCCCCCCCCCCCCCCCCCCC. The van der Waals surface area contributed by atoms with Crippen molar-refractivity contribution in [2.45, 2.75) is 341 Å². The van der Waals surface area contributed by atoms with Crippen LogP contribution in [0.5, 0.6) is 0 Å². The third-order valence-corrected chi connectivity index (χ3v) is 13.9. The molecule has 65 heavy (non-hydrogen) atoms. The highest BCUT2D eigenvalue weighted by Crippen LogP contribution is 2.18. The van der Waals surface area contributed by atoms with E-state index in [1.807, 2.05) is 6.08 Å². The van der Waals surface area contributed by atoms with Gasteiger partial charge in [-0.05, 0) is 44.9 Å². The normalized spacial score (nSPS) is 13.0. The average molecular weight is 913 g/mol. The summed E-state index contributed by atoms with van der Waals surface area (Å²) in [5.41, 5.74) is 0. The Hall–Kier alpha value is -1.39. The van der Waals surface area contributed by atoms with Gasteiger partial charge in [-0.15, -0.1) is 0 Å². The van der Waals surface area contributed by atoms with Crippen LogP contribution in [-0.2, 0) is 4.79 Å². The minimum atomic E-state index is -0.869. The summed E-state index contributed by atoms with van der Waals surface area (Å²) in [6.45, 7) is 4.33. The first kappa shape index (κ1) is 63.6. The fourth-order valence-electron chi connectivity index (χ4n) is 9.33. The van der Waals surface area contributed by atoms with E-state index in [4.69, 9.17) is 0 Å². The van der Waals surface area contributed by atoms with Crippen LogP contribution in [0.2, 0.25) is 0 Å². The summed E-state index contributed by atoms with van der Waals surface area (Å²) >= 11 is 0. The first-order chi connectivity index (χ1) is 32.2. The van der Waals surface area contributed by atoms with Gasteiger partial charge in [0.15, 0.2) is 0 Å². The zero-order valence-corrected chi connectivity index (χ0v) is 44.3. The van der Waals surface area contributed by atoms with Crippen molar-refractivity contribution in [2.24, 2.45) is 0 Å². The standard InChI is InChI=1S/C61H117NO3/c1-3-5-7-9-11-13-15-17-19-21-23-25-26-27-28-29-30-31-32-33-34-35-36-37-39-41-43-45-47-49-51-53-55-57-61(65)62-59(58-63)60(64)56-54-52-50-48-46-44-42-40-38-24-22-20-18-16-14-12-10-8-6-4-2/h38,40,46,48,54,56,59-60,63-64H,3-37,39,41-45,47,49-53,55,57-58H2,1-2H3,(H,62,65)/b40-38+,48-46+,56-54+. The number of rotatable bonds is 55. The Morgan fingerprint density at radius 2 is 0.600 bits per heavy atom. The molecule has 0 aromatic carbocycles. The van der Waals surface area contributed by atoms with Gasteiger partial charge in [0.1, 0.15) is 0 Å². The topological polar surface area (TPSA) is 69.6 Å². The number of carbonyl (C=O) groups excluding carboxylic acids is 1. The molecule has 384 valence electrons. The highest BCUT2D eigenvalue weighted by Gasteiger charge is 2.18. The van der Waals surface area contributed by atoms with Crippen LogP contribution < -0.4 is 5.32 Å². The van der Waals surface area contributed by atoms with Crippen molar-refractivity contribution >= 4 is 5.91 Å². The molecule has 4 heteroatoms. The van der Waals surface area contributed by atoms with Crippen LogP contribution in [0.4, 0.5) is 0 Å². The Bertz CT molecular complexity index is 989. The zero-order chi connectivity index (χ0) is 47.0. The number of amides is 1. The number of hydrogen-bond acceptors (Lipinski definition) is 3. The molecule has 3 N–H and O–H groups in total. The molecule has 1 amide bonds. The van der Waals surface area contributed by atoms with Gasteiger partial charge < -0.3 is 15.5 Å². The van der Waals surface area contributed by atoms with E-state index in [0.717, 1.165) is 38.5 Å². The highest BCUT2D eigenvalue weighted by molar-refractivity contribution is 5.76.